The topological polar surface area (TPSA) is 26.3 Å². The summed E-state index contributed by atoms with van der Waals surface area (Å²) in [5.41, 5.74) is 3.40. The molecule has 0 saturated carbocycles. The number of carbonyl (C=O) groups excluding carboxylic acids is 1. The first-order valence-corrected chi connectivity index (χ1v) is 6.65. The van der Waals surface area contributed by atoms with Crippen LogP contribution in [0.4, 0.5) is 0 Å². The molecule has 0 saturated heterocycles. The van der Waals surface area contributed by atoms with Gasteiger partial charge >= 0.3 is 0 Å². The van der Waals surface area contributed by atoms with Gasteiger partial charge in [-0.15, -0.1) is 0 Å². The Morgan fingerprint density at radius 3 is 2.94 bits per heavy atom. The number of benzene rings is 1. The number of Topliss-reactive ketones (excluding diaryl/α,β-unsaturated/α-hetero) is 1. The van der Waals surface area contributed by atoms with E-state index in [4.69, 9.17) is 4.74 Å². The van der Waals surface area contributed by atoms with Gasteiger partial charge in [-0.25, -0.2) is 0 Å². The van der Waals surface area contributed by atoms with E-state index >= 15 is 0 Å². The smallest absolute Gasteiger partial charge is 0.183 e. The molecule has 2 aliphatic rings. The first-order valence-electron chi connectivity index (χ1n) is 5.73. The van der Waals surface area contributed by atoms with Crippen LogP contribution in [0, 0.1) is 0 Å². The number of ketones is 1. The summed E-state index contributed by atoms with van der Waals surface area (Å²) in [4.78, 5) is 11.8. The van der Waals surface area contributed by atoms with Crippen molar-refractivity contribution < 1.29 is 9.53 Å². The van der Waals surface area contributed by atoms with Gasteiger partial charge in [0.25, 0.3) is 0 Å². The molecule has 1 heterocycles. The van der Waals surface area contributed by atoms with E-state index in [1.54, 1.807) is 0 Å². The van der Waals surface area contributed by atoms with Gasteiger partial charge in [-0.05, 0) is 42.9 Å². The maximum atomic E-state index is 12.0. The maximum Gasteiger partial charge on any atom is 0.183 e. The number of carbonyl (C=O) groups is 1. The number of rotatable bonds is 0. The Kier molecular flexibility index (Phi) is 2.51. The molecule has 1 aliphatic heterocycles. The summed E-state index contributed by atoms with van der Waals surface area (Å²) in [5.74, 6) is 1.02. The van der Waals surface area contributed by atoms with Gasteiger partial charge in [-0.1, -0.05) is 22.0 Å². The molecule has 1 atom stereocenters. The fourth-order valence-corrected chi connectivity index (χ4v) is 2.93. The first kappa shape index (κ1) is 10.3. The predicted octanol–water partition coefficient (Wildman–Crippen LogP) is 2.90. The van der Waals surface area contributed by atoms with Gasteiger partial charge < -0.3 is 4.74 Å². The minimum Gasteiger partial charge on any atom is -0.491 e. The van der Waals surface area contributed by atoms with Crippen LogP contribution < -0.4 is 4.74 Å². The molecule has 2 nitrogen and oxygen atoms in total. The van der Waals surface area contributed by atoms with Gasteiger partial charge in [0.05, 0.1) is 5.56 Å². The molecular formula is C13H13BrO2. The summed E-state index contributed by atoms with van der Waals surface area (Å²) in [7, 11) is 0. The average Bonchev–Trinajstić information content (AvgIpc) is 2.33. The molecule has 0 N–H and O–H groups in total. The molecule has 3 heteroatoms. The molecule has 1 unspecified atom stereocenters. The van der Waals surface area contributed by atoms with E-state index in [0.29, 0.717) is 6.61 Å². The minimum absolute atomic E-state index is 0.162. The summed E-state index contributed by atoms with van der Waals surface area (Å²) in [6.07, 6.45) is 4.64. The largest absolute Gasteiger partial charge is 0.491 e. The number of hydrogen-bond acceptors (Lipinski definition) is 2. The molecule has 1 aromatic carbocycles. The first-order chi connectivity index (χ1) is 7.77. The van der Waals surface area contributed by atoms with Crippen molar-refractivity contribution in [3.8, 4) is 5.75 Å². The Bertz CT molecular complexity index is 453. The van der Waals surface area contributed by atoms with E-state index in [-0.39, 0.29) is 10.6 Å². The zero-order chi connectivity index (χ0) is 11.1. The van der Waals surface area contributed by atoms with E-state index < -0.39 is 0 Å². The van der Waals surface area contributed by atoms with Crippen LogP contribution in [0.25, 0.3) is 0 Å². The molecule has 1 aromatic rings. The molecule has 0 fully saturated rings. The Morgan fingerprint density at radius 2 is 2.06 bits per heavy atom. The molecule has 0 radical (unpaired) electrons. The number of hydrogen-bond donors (Lipinski definition) is 0. The molecule has 0 bridgehead atoms. The van der Waals surface area contributed by atoms with Crippen LogP contribution in [0.2, 0.25) is 0 Å². The van der Waals surface area contributed by atoms with Crippen LogP contribution in [0.15, 0.2) is 12.1 Å². The van der Waals surface area contributed by atoms with Crippen molar-refractivity contribution in [2.75, 3.05) is 6.61 Å². The van der Waals surface area contributed by atoms with Crippen molar-refractivity contribution in [2.45, 2.75) is 30.5 Å². The van der Waals surface area contributed by atoms with Crippen LogP contribution in [-0.2, 0) is 12.8 Å². The van der Waals surface area contributed by atoms with Crippen LogP contribution in [0.5, 0.6) is 5.75 Å². The van der Waals surface area contributed by atoms with Crippen LogP contribution >= 0.6 is 15.9 Å². The average molecular weight is 281 g/mol. The van der Waals surface area contributed by atoms with Gasteiger partial charge in [-0.2, -0.15) is 0 Å². The summed E-state index contributed by atoms with van der Waals surface area (Å²) < 4.78 is 5.74. The highest BCUT2D eigenvalue weighted by Crippen LogP contribution is 2.36. The van der Waals surface area contributed by atoms with E-state index in [9.17, 15) is 4.79 Å². The molecule has 0 spiro atoms. The summed E-state index contributed by atoms with van der Waals surface area (Å²) in [5, 5.41) is 0. The van der Waals surface area contributed by atoms with Crippen molar-refractivity contribution in [3.05, 3.63) is 28.8 Å². The second-order valence-electron chi connectivity index (χ2n) is 4.43. The molecule has 0 amide bonds. The summed E-state index contributed by atoms with van der Waals surface area (Å²) in [6, 6.07) is 4.02. The van der Waals surface area contributed by atoms with Crippen molar-refractivity contribution >= 4 is 21.7 Å². The van der Waals surface area contributed by atoms with Gasteiger partial charge in [-0.3, -0.25) is 4.79 Å². The Balaban J connectivity index is 2.14. The van der Waals surface area contributed by atoms with Gasteiger partial charge in [0.15, 0.2) is 5.78 Å². The quantitative estimate of drug-likeness (QED) is 0.683. The number of fused-ring (bicyclic) bond motifs is 3. The van der Waals surface area contributed by atoms with Crippen molar-refractivity contribution in [3.63, 3.8) is 0 Å². The standard InChI is InChI=1S/C13H13BrO2/c14-11-7-16-13-9-4-2-1-3-8(9)5-6-10(13)12(11)15/h5-6,11H,1-4,7H2. The lowest BCUT2D eigenvalue weighted by molar-refractivity contribution is 0.0945. The van der Waals surface area contributed by atoms with Crippen molar-refractivity contribution in [1.29, 1.82) is 0 Å². The summed E-state index contributed by atoms with van der Waals surface area (Å²) in [6.45, 7) is 0.461. The van der Waals surface area contributed by atoms with E-state index in [1.165, 1.54) is 24.0 Å². The summed E-state index contributed by atoms with van der Waals surface area (Å²) >= 11 is 3.35. The van der Waals surface area contributed by atoms with E-state index in [1.807, 2.05) is 6.07 Å². The van der Waals surface area contributed by atoms with Gasteiger partial charge in [0.1, 0.15) is 17.2 Å². The monoisotopic (exact) mass is 280 g/mol. The zero-order valence-corrected chi connectivity index (χ0v) is 10.5. The van der Waals surface area contributed by atoms with E-state index in [0.717, 1.165) is 24.2 Å². The van der Waals surface area contributed by atoms with Gasteiger partial charge in [0.2, 0.25) is 0 Å². The van der Waals surface area contributed by atoms with Crippen molar-refractivity contribution in [1.82, 2.24) is 0 Å². The fourth-order valence-electron chi connectivity index (χ4n) is 2.55. The lowest BCUT2D eigenvalue weighted by atomic mass is 9.87. The second kappa shape index (κ2) is 3.88. The third kappa shape index (κ3) is 1.49. The number of aryl methyl sites for hydroxylation is 1. The van der Waals surface area contributed by atoms with Gasteiger partial charge in [0, 0.05) is 0 Å². The highest BCUT2D eigenvalue weighted by Gasteiger charge is 2.29. The molecule has 3 rings (SSSR count). The maximum absolute atomic E-state index is 12.0. The molecule has 16 heavy (non-hydrogen) atoms. The van der Waals surface area contributed by atoms with Crippen LogP contribution in [0.3, 0.4) is 0 Å². The van der Waals surface area contributed by atoms with Crippen molar-refractivity contribution in [2.24, 2.45) is 0 Å². The molecular weight excluding hydrogens is 268 g/mol. The second-order valence-corrected chi connectivity index (χ2v) is 5.54. The van der Waals surface area contributed by atoms with Crippen LogP contribution in [-0.4, -0.2) is 17.2 Å². The molecule has 0 aromatic heterocycles. The lowest BCUT2D eigenvalue weighted by Crippen LogP contribution is -2.29. The molecule has 1 aliphatic carbocycles. The highest BCUT2D eigenvalue weighted by atomic mass is 79.9. The highest BCUT2D eigenvalue weighted by molar-refractivity contribution is 9.10. The SMILES string of the molecule is O=C1c2ccc3c(c2OCC1Br)CCCC3. The Hall–Kier alpha value is -0.830. The Labute approximate surface area is 103 Å². The fraction of sp³-hybridized carbons (Fsp3) is 0.462. The Morgan fingerprint density at radius 1 is 1.25 bits per heavy atom. The number of halogens is 1. The third-order valence-electron chi connectivity index (χ3n) is 3.40. The normalized spacial score (nSPS) is 23.3. The zero-order valence-electron chi connectivity index (χ0n) is 8.96. The molecule has 84 valence electrons. The van der Waals surface area contributed by atoms with Crippen LogP contribution in [0.1, 0.15) is 34.3 Å². The number of ether oxygens (including phenoxy) is 1. The predicted molar refractivity (Wildman–Crippen MR) is 65.6 cm³/mol. The van der Waals surface area contributed by atoms with E-state index in [2.05, 4.69) is 22.0 Å². The minimum atomic E-state index is -0.179. The third-order valence-corrected chi connectivity index (χ3v) is 4.08. The number of alkyl halides is 1. The lowest BCUT2D eigenvalue weighted by Gasteiger charge is -2.26.